The maximum absolute atomic E-state index is 13.7. The number of hydrogen-bond donors (Lipinski definition) is 1. The third kappa shape index (κ3) is 6.52. The van der Waals surface area contributed by atoms with Crippen LogP contribution in [-0.2, 0) is 32.1 Å². The minimum atomic E-state index is -3.53. The van der Waals surface area contributed by atoms with Crippen LogP contribution < -0.4 is 11.0 Å². The maximum Gasteiger partial charge on any atom is 0.351 e. The Hall–Kier alpha value is -3.02. The SMILES string of the molecule is CC(C)NC(=O)Cn1c(-c2ccc(F)c(Cl)c2)nn(-c2ccc(CCOS(C)(=O)=O)cc2)c1=O. The minimum absolute atomic E-state index is 0.00675. The molecule has 2 aromatic carbocycles. The van der Waals surface area contributed by atoms with Crippen molar-refractivity contribution in [3.63, 3.8) is 0 Å². The van der Waals surface area contributed by atoms with E-state index in [-0.39, 0.29) is 35.9 Å². The van der Waals surface area contributed by atoms with Crippen molar-refractivity contribution in [3.8, 4) is 17.1 Å². The van der Waals surface area contributed by atoms with E-state index in [1.54, 1.807) is 38.1 Å². The predicted molar refractivity (Wildman–Crippen MR) is 126 cm³/mol. The Kier molecular flexibility index (Phi) is 7.90. The van der Waals surface area contributed by atoms with Crippen molar-refractivity contribution in [3.05, 3.63) is 69.4 Å². The van der Waals surface area contributed by atoms with Crippen LogP contribution in [0.4, 0.5) is 4.39 Å². The molecule has 9 nitrogen and oxygen atoms in total. The fourth-order valence-corrected chi connectivity index (χ4v) is 3.75. The molecule has 1 N–H and O–H groups in total. The Labute approximate surface area is 201 Å². The van der Waals surface area contributed by atoms with Gasteiger partial charge in [-0.05, 0) is 56.2 Å². The second kappa shape index (κ2) is 10.5. The number of amides is 1. The topological polar surface area (TPSA) is 112 Å². The van der Waals surface area contributed by atoms with E-state index in [4.69, 9.17) is 15.8 Å². The Bertz CT molecular complexity index is 1350. The van der Waals surface area contributed by atoms with Gasteiger partial charge in [0.2, 0.25) is 5.91 Å². The van der Waals surface area contributed by atoms with Crippen molar-refractivity contribution < 1.29 is 21.8 Å². The van der Waals surface area contributed by atoms with Gasteiger partial charge in [0.05, 0.1) is 23.6 Å². The van der Waals surface area contributed by atoms with Gasteiger partial charge in [0.15, 0.2) is 5.82 Å². The molecule has 0 unspecified atom stereocenters. The van der Waals surface area contributed by atoms with Crippen molar-refractivity contribution in [2.24, 2.45) is 0 Å². The highest BCUT2D eigenvalue weighted by atomic mass is 35.5. The van der Waals surface area contributed by atoms with Gasteiger partial charge in [-0.1, -0.05) is 23.7 Å². The number of rotatable bonds is 9. The van der Waals surface area contributed by atoms with Crippen LogP contribution in [0.5, 0.6) is 0 Å². The van der Waals surface area contributed by atoms with Crippen molar-refractivity contribution in [1.29, 1.82) is 0 Å². The van der Waals surface area contributed by atoms with E-state index >= 15 is 0 Å². The van der Waals surface area contributed by atoms with Crippen LogP contribution >= 0.6 is 11.6 Å². The molecule has 3 rings (SSSR count). The standard InChI is InChI=1S/C22H24ClFN4O5S/c1-14(2)25-20(29)13-27-21(16-6-9-19(24)18(23)12-16)26-28(22(27)30)17-7-4-15(5-8-17)10-11-33-34(3,31)32/h4-9,12,14H,10-11,13H2,1-3H3,(H,25,29). The van der Waals surface area contributed by atoms with Crippen molar-refractivity contribution >= 4 is 27.6 Å². The molecule has 34 heavy (non-hydrogen) atoms. The zero-order valence-electron chi connectivity index (χ0n) is 18.8. The van der Waals surface area contributed by atoms with Crippen LogP contribution in [0.2, 0.25) is 5.02 Å². The molecule has 0 atom stereocenters. The Morgan fingerprint density at radius 1 is 1.21 bits per heavy atom. The lowest BCUT2D eigenvalue weighted by atomic mass is 10.1. The second-order valence-corrected chi connectivity index (χ2v) is 9.95. The fraction of sp³-hybridized carbons (Fsp3) is 0.318. The number of carbonyl (C=O) groups is 1. The molecule has 0 aliphatic heterocycles. The minimum Gasteiger partial charge on any atom is -0.352 e. The van der Waals surface area contributed by atoms with E-state index in [1.165, 1.54) is 16.7 Å². The summed E-state index contributed by atoms with van der Waals surface area (Å²) in [4.78, 5) is 25.6. The van der Waals surface area contributed by atoms with Gasteiger partial charge in [0.1, 0.15) is 12.4 Å². The summed E-state index contributed by atoms with van der Waals surface area (Å²) in [5.41, 5.74) is 1.02. The Morgan fingerprint density at radius 2 is 1.88 bits per heavy atom. The Balaban J connectivity index is 1.97. The number of nitrogens with one attached hydrogen (secondary N) is 1. The van der Waals surface area contributed by atoms with E-state index in [1.807, 2.05) is 0 Å². The van der Waals surface area contributed by atoms with E-state index in [9.17, 15) is 22.4 Å². The summed E-state index contributed by atoms with van der Waals surface area (Å²) >= 11 is 5.92. The molecule has 3 aromatic rings. The first-order valence-electron chi connectivity index (χ1n) is 10.3. The second-order valence-electron chi connectivity index (χ2n) is 7.90. The maximum atomic E-state index is 13.7. The third-order valence-corrected chi connectivity index (χ3v) is 5.55. The van der Waals surface area contributed by atoms with E-state index in [0.717, 1.165) is 22.6 Å². The molecule has 1 aromatic heterocycles. The van der Waals surface area contributed by atoms with Gasteiger partial charge in [-0.15, -0.1) is 5.10 Å². The molecule has 0 spiro atoms. The molecule has 0 aliphatic carbocycles. The van der Waals surface area contributed by atoms with Crippen LogP contribution in [0.15, 0.2) is 47.3 Å². The fourth-order valence-electron chi connectivity index (χ4n) is 3.18. The molecular weight excluding hydrogens is 487 g/mol. The molecule has 0 aliphatic rings. The normalized spacial score (nSPS) is 11.7. The summed E-state index contributed by atoms with van der Waals surface area (Å²) in [5, 5.41) is 6.97. The molecule has 0 fully saturated rings. The molecular formula is C22H24ClFN4O5S. The summed E-state index contributed by atoms with van der Waals surface area (Å²) in [6.07, 6.45) is 1.33. The van der Waals surface area contributed by atoms with E-state index < -0.39 is 21.6 Å². The molecule has 0 saturated heterocycles. The quantitative estimate of drug-likeness (QED) is 0.443. The summed E-state index contributed by atoms with van der Waals surface area (Å²) < 4.78 is 42.9. The van der Waals surface area contributed by atoms with Gasteiger partial charge < -0.3 is 5.32 Å². The molecule has 182 valence electrons. The van der Waals surface area contributed by atoms with Crippen LogP contribution in [0.3, 0.4) is 0 Å². The van der Waals surface area contributed by atoms with Gasteiger partial charge in [-0.2, -0.15) is 13.1 Å². The molecule has 1 heterocycles. The van der Waals surface area contributed by atoms with Gasteiger partial charge >= 0.3 is 5.69 Å². The highest BCUT2D eigenvalue weighted by Crippen LogP contribution is 2.23. The number of hydrogen-bond acceptors (Lipinski definition) is 6. The van der Waals surface area contributed by atoms with Crippen molar-refractivity contribution in [2.75, 3.05) is 12.9 Å². The summed E-state index contributed by atoms with van der Waals surface area (Å²) in [7, 11) is -3.53. The molecule has 0 bridgehead atoms. The molecule has 1 amide bonds. The van der Waals surface area contributed by atoms with E-state index in [2.05, 4.69) is 10.4 Å². The number of carbonyl (C=O) groups excluding carboxylic acids is 1. The number of aromatic nitrogens is 3. The first kappa shape index (κ1) is 25.6. The molecule has 0 saturated carbocycles. The summed E-state index contributed by atoms with van der Waals surface area (Å²) in [5.74, 6) is -0.851. The van der Waals surface area contributed by atoms with Crippen LogP contribution in [-0.4, -0.2) is 47.6 Å². The first-order chi connectivity index (χ1) is 15.9. The summed E-state index contributed by atoms with van der Waals surface area (Å²) in [6.45, 7) is 3.30. The lowest BCUT2D eigenvalue weighted by molar-refractivity contribution is -0.122. The number of benzene rings is 2. The van der Waals surface area contributed by atoms with Crippen LogP contribution in [0.1, 0.15) is 19.4 Å². The van der Waals surface area contributed by atoms with Crippen molar-refractivity contribution in [1.82, 2.24) is 19.7 Å². The lowest BCUT2D eigenvalue weighted by Crippen LogP contribution is -2.36. The van der Waals surface area contributed by atoms with Crippen LogP contribution in [0, 0.1) is 5.82 Å². The van der Waals surface area contributed by atoms with Gasteiger partial charge in [-0.25, -0.2) is 9.18 Å². The van der Waals surface area contributed by atoms with Gasteiger partial charge in [0.25, 0.3) is 10.1 Å². The largest absolute Gasteiger partial charge is 0.352 e. The smallest absolute Gasteiger partial charge is 0.351 e. The molecule has 12 heteroatoms. The first-order valence-corrected chi connectivity index (χ1v) is 12.5. The third-order valence-electron chi connectivity index (χ3n) is 4.66. The van der Waals surface area contributed by atoms with Gasteiger partial charge in [0, 0.05) is 11.6 Å². The lowest BCUT2D eigenvalue weighted by Gasteiger charge is -2.10. The number of nitrogens with zero attached hydrogens (tertiary/aromatic N) is 3. The monoisotopic (exact) mass is 510 g/mol. The average molecular weight is 511 g/mol. The van der Waals surface area contributed by atoms with E-state index in [0.29, 0.717) is 17.7 Å². The molecule has 0 radical (unpaired) electrons. The average Bonchev–Trinajstić information content (AvgIpc) is 3.05. The number of halogens is 2. The zero-order chi connectivity index (χ0) is 25.0. The predicted octanol–water partition coefficient (Wildman–Crippen LogP) is 2.54. The Morgan fingerprint density at radius 3 is 2.47 bits per heavy atom. The van der Waals surface area contributed by atoms with Gasteiger partial charge in [-0.3, -0.25) is 13.5 Å². The zero-order valence-corrected chi connectivity index (χ0v) is 20.4. The van der Waals surface area contributed by atoms with Crippen molar-refractivity contribution in [2.45, 2.75) is 32.9 Å². The summed E-state index contributed by atoms with van der Waals surface area (Å²) in [6, 6.07) is 10.5. The highest BCUT2D eigenvalue weighted by Gasteiger charge is 2.20. The highest BCUT2D eigenvalue weighted by molar-refractivity contribution is 7.85. The van der Waals surface area contributed by atoms with Crippen LogP contribution in [0.25, 0.3) is 17.1 Å².